The third kappa shape index (κ3) is 7.28. The summed E-state index contributed by atoms with van der Waals surface area (Å²) >= 11 is 0. The van der Waals surface area contributed by atoms with Crippen LogP contribution in [-0.2, 0) is 24.6 Å². The predicted molar refractivity (Wildman–Crippen MR) is 101 cm³/mol. The number of amides is 2. The Kier molecular flexibility index (Phi) is 9.55. The number of carbonyl (C=O) groups excluding carboxylic acids is 2. The van der Waals surface area contributed by atoms with Crippen LogP contribution in [0.3, 0.4) is 0 Å². The molecule has 0 saturated heterocycles. The monoisotopic (exact) mass is 384 g/mol. The Bertz CT molecular complexity index is 623. The zero-order valence-corrected chi connectivity index (χ0v) is 16.6. The summed E-state index contributed by atoms with van der Waals surface area (Å²) in [5, 5.41) is 2.66. The molecule has 0 radical (unpaired) electrons. The Hall–Kier alpha value is -1.69. The fourth-order valence-corrected chi connectivity index (χ4v) is 4.14. The van der Waals surface area contributed by atoms with Gasteiger partial charge in [-0.2, -0.15) is 0 Å². The molecule has 3 N–H and O–H groups in total. The lowest BCUT2D eigenvalue weighted by atomic mass is 10.1. The van der Waals surface area contributed by atoms with Gasteiger partial charge in [0, 0.05) is 5.56 Å². The van der Waals surface area contributed by atoms with Crippen LogP contribution < -0.4 is 11.1 Å². The van der Waals surface area contributed by atoms with Crippen molar-refractivity contribution < 1.29 is 23.2 Å². The van der Waals surface area contributed by atoms with Crippen molar-refractivity contribution in [1.82, 2.24) is 5.32 Å². The minimum Gasteiger partial charge on any atom is -0.368 e. The first kappa shape index (κ1) is 22.4. The molecule has 8 heteroatoms. The van der Waals surface area contributed by atoms with Crippen molar-refractivity contribution in [3.05, 3.63) is 35.4 Å². The second kappa shape index (κ2) is 11.1. The topological polar surface area (TPSA) is 108 Å². The van der Waals surface area contributed by atoms with Gasteiger partial charge in [-0.15, -0.1) is 0 Å². The van der Waals surface area contributed by atoms with E-state index in [1.807, 2.05) is 6.92 Å². The number of hydrogen-bond donors (Lipinski definition) is 2. The molecule has 26 heavy (non-hydrogen) atoms. The highest BCUT2D eigenvalue weighted by Crippen LogP contribution is 2.51. The van der Waals surface area contributed by atoms with Crippen LogP contribution in [0.1, 0.15) is 56.0 Å². The van der Waals surface area contributed by atoms with Crippen LogP contribution in [0.15, 0.2) is 24.3 Å². The van der Waals surface area contributed by atoms with E-state index in [4.69, 9.17) is 14.8 Å². The van der Waals surface area contributed by atoms with E-state index in [1.54, 1.807) is 38.1 Å². The normalized spacial score (nSPS) is 12.6. The van der Waals surface area contributed by atoms with Gasteiger partial charge < -0.3 is 20.1 Å². The minimum atomic E-state index is -3.19. The molecule has 0 saturated carbocycles. The molecule has 0 fully saturated rings. The highest BCUT2D eigenvalue weighted by Gasteiger charge is 2.24. The first-order chi connectivity index (χ1) is 12.3. The van der Waals surface area contributed by atoms with Gasteiger partial charge in [0.05, 0.1) is 19.4 Å². The van der Waals surface area contributed by atoms with Crippen LogP contribution in [0.5, 0.6) is 0 Å². The lowest BCUT2D eigenvalue weighted by Crippen LogP contribution is -2.44. The molecule has 1 rings (SSSR count). The summed E-state index contributed by atoms with van der Waals surface area (Å²) in [4.78, 5) is 23.8. The van der Waals surface area contributed by atoms with Gasteiger partial charge in [-0.05, 0) is 38.0 Å². The molecule has 0 bridgehead atoms. The summed E-state index contributed by atoms with van der Waals surface area (Å²) in [6.07, 6.45) is 2.36. The molecule has 2 amide bonds. The Balaban J connectivity index is 2.77. The van der Waals surface area contributed by atoms with Crippen LogP contribution in [0.2, 0.25) is 0 Å². The number of unbranched alkanes of at least 4 members (excludes halogenated alkanes) is 1. The van der Waals surface area contributed by atoms with Crippen molar-refractivity contribution in [3.63, 3.8) is 0 Å². The van der Waals surface area contributed by atoms with E-state index in [0.29, 0.717) is 25.2 Å². The molecule has 146 valence electrons. The van der Waals surface area contributed by atoms with Crippen LogP contribution in [0.4, 0.5) is 0 Å². The Morgan fingerprint density at radius 1 is 1.12 bits per heavy atom. The molecule has 0 aliphatic carbocycles. The molecule has 1 aromatic carbocycles. The summed E-state index contributed by atoms with van der Waals surface area (Å²) in [6.45, 7) is 6.11. The molecular formula is C18H29N2O5P. The molecule has 1 aromatic rings. The standard InChI is InChI=1S/C18H29N2O5P/c1-4-7-8-16(17(19)21)20-18(22)15-11-9-14(10-12-15)13-26(23,24-5-2)25-6-3/h9-12,16H,4-8,13H2,1-3H3,(H2,19,21)(H,20,22)/t16-/m0/s1. The highest BCUT2D eigenvalue weighted by atomic mass is 31.2. The average molecular weight is 384 g/mol. The Morgan fingerprint density at radius 3 is 2.15 bits per heavy atom. The van der Waals surface area contributed by atoms with Crippen molar-refractivity contribution in [2.75, 3.05) is 13.2 Å². The maximum Gasteiger partial charge on any atom is 0.335 e. The third-order valence-electron chi connectivity index (χ3n) is 3.74. The second-order valence-electron chi connectivity index (χ2n) is 5.87. The second-order valence-corrected chi connectivity index (χ2v) is 7.93. The first-order valence-electron chi connectivity index (χ1n) is 8.92. The summed E-state index contributed by atoms with van der Waals surface area (Å²) in [5.74, 6) is -0.910. The van der Waals surface area contributed by atoms with Crippen molar-refractivity contribution in [1.29, 1.82) is 0 Å². The van der Waals surface area contributed by atoms with Crippen LogP contribution >= 0.6 is 7.60 Å². The van der Waals surface area contributed by atoms with Gasteiger partial charge in [-0.25, -0.2) is 0 Å². The number of primary amides is 1. The summed E-state index contributed by atoms with van der Waals surface area (Å²) in [5.41, 5.74) is 6.48. The number of nitrogens with one attached hydrogen (secondary N) is 1. The van der Waals surface area contributed by atoms with Gasteiger partial charge in [0.1, 0.15) is 6.04 Å². The average Bonchev–Trinajstić information content (AvgIpc) is 2.59. The van der Waals surface area contributed by atoms with Crippen molar-refractivity contribution in [3.8, 4) is 0 Å². The van der Waals surface area contributed by atoms with E-state index in [9.17, 15) is 14.2 Å². The minimum absolute atomic E-state index is 0.136. The largest absolute Gasteiger partial charge is 0.368 e. The molecule has 0 heterocycles. The van der Waals surface area contributed by atoms with E-state index in [2.05, 4.69) is 5.32 Å². The fraction of sp³-hybridized carbons (Fsp3) is 0.556. The first-order valence-corrected chi connectivity index (χ1v) is 10.6. The number of nitrogens with two attached hydrogens (primary N) is 1. The molecule has 0 aliphatic rings. The van der Waals surface area contributed by atoms with Crippen molar-refractivity contribution >= 4 is 19.4 Å². The van der Waals surface area contributed by atoms with Crippen molar-refractivity contribution in [2.45, 2.75) is 52.2 Å². The molecular weight excluding hydrogens is 355 g/mol. The van der Waals surface area contributed by atoms with Gasteiger partial charge in [0.25, 0.3) is 5.91 Å². The molecule has 0 spiro atoms. The van der Waals surface area contributed by atoms with E-state index in [-0.39, 0.29) is 12.1 Å². The van der Waals surface area contributed by atoms with Gasteiger partial charge in [0.15, 0.2) is 0 Å². The highest BCUT2D eigenvalue weighted by molar-refractivity contribution is 7.53. The maximum absolute atomic E-state index is 12.5. The van der Waals surface area contributed by atoms with Crippen LogP contribution in [-0.4, -0.2) is 31.1 Å². The lowest BCUT2D eigenvalue weighted by molar-refractivity contribution is -0.120. The maximum atomic E-state index is 12.5. The number of benzene rings is 1. The van der Waals surface area contributed by atoms with Crippen molar-refractivity contribution in [2.24, 2.45) is 5.73 Å². The van der Waals surface area contributed by atoms with Gasteiger partial charge in [-0.1, -0.05) is 31.9 Å². The fourth-order valence-electron chi connectivity index (χ4n) is 2.44. The van der Waals surface area contributed by atoms with Gasteiger partial charge in [0.2, 0.25) is 5.91 Å². The smallest absolute Gasteiger partial charge is 0.335 e. The van der Waals surface area contributed by atoms with Gasteiger partial charge in [-0.3, -0.25) is 14.2 Å². The molecule has 7 nitrogen and oxygen atoms in total. The molecule has 0 unspecified atom stereocenters. The number of carbonyl (C=O) groups is 2. The number of hydrogen-bond acceptors (Lipinski definition) is 5. The zero-order valence-electron chi connectivity index (χ0n) is 15.7. The Labute approximate surface area is 155 Å². The van der Waals surface area contributed by atoms with Crippen LogP contribution in [0.25, 0.3) is 0 Å². The predicted octanol–water partition coefficient (Wildman–Crippen LogP) is 3.23. The quantitative estimate of drug-likeness (QED) is 0.538. The van der Waals surface area contributed by atoms with E-state index in [1.165, 1.54) is 0 Å². The zero-order chi connectivity index (χ0) is 19.6. The van der Waals surface area contributed by atoms with Crippen LogP contribution in [0, 0.1) is 0 Å². The summed E-state index contributed by atoms with van der Waals surface area (Å²) < 4.78 is 23.1. The van der Waals surface area contributed by atoms with E-state index >= 15 is 0 Å². The van der Waals surface area contributed by atoms with Gasteiger partial charge >= 0.3 is 7.60 Å². The molecule has 0 aliphatic heterocycles. The molecule has 1 atom stereocenters. The molecule has 0 aromatic heterocycles. The SMILES string of the molecule is CCCC[C@H](NC(=O)c1ccc(CP(=O)(OCC)OCC)cc1)C(N)=O. The third-order valence-corrected chi connectivity index (χ3v) is 5.79. The summed E-state index contributed by atoms with van der Waals surface area (Å²) in [7, 11) is -3.19. The Morgan fingerprint density at radius 2 is 1.69 bits per heavy atom. The lowest BCUT2D eigenvalue weighted by Gasteiger charge is -2.17. The summed E-state index contributed by atoms with van der Waals surface area (Å²) in [6, 6.07) is 5.95. The van der Waals surface area contributed by atoms with E-state index < -0.39 is 19.5 Å². The van der Waals surface area contributed by atoms with E-state index in [0.717, 1.165) is 18.4 Å². The number of rotatable bonds is 12.